The van der Waals surface area contributed by atoms with Crippen LogP contribution in [0.2, 0.25) is 5.02 Å². The van der Waals surface area contributed by atoms with Crippen molar-refractivity contribution in [1.29, 1.82) is 0 Å². The van der Waals surface area contributed by atoms with Gasteiger partial charge in [0, 0.05) is 30.6 Å². The number of likely N-dealkylation sites (tertiary alicyclic amines) is 1. The predicted molar refractivity (Wildman–Crippen MR) is 109 cm³/mol. The molecule has 1 heterocycles. The number of hydrogen-bond donors (Lipinski definition) is 2. The zero-order chi connectivity index (χ0) is 19.9. The summed E-state index contributed by atoms with van der Waals surface area (Å²) in [5.41, 5.74) is 0.137. The molecule has 1 aromatic rings. The van der Waals surface area contributed by atoms with E-state index in [0.29, 0.717) is 24.2 Å². The Kier molecular flexibility index (Phi) is 7.68. The minimum atomic E-state index is -0.543. The Morgan fingerprint density at radius 2 is 1.93 bits per heavy atom. The number of anilines is 1. The summed E-state index contributed by atoms with van der Waals surface area (Å²) in [5.74, 6) is -0.634. The molecule has 0 spiro atoms. The van der Waals surface area contributed by atoms with Crippen LogP contribution >= 0.6 is 11.6 Å². The van der Waals surface area contributed by atoms with Crippen molar-refractivity contribution in [1.82, 2.24) is 10.2 Å². The van der Waals surface area contributed by atoms with Crippen molar-refractivity contribution in [3.05, 3.63) is 29.0 Å². The SMILES string of the molecule is O=C(CCN1CCCC(C(=O)NC2CCCCC2)C1)Nc1ccc(Cl)cc1F. The lowest BCUT2D eigenvalue weighted by atomic mass is 9.93. The second-order valence-electron chi connectivity index (χ2n) is 7.91. The summed E-state index contributed by atoms with van der Waals surface area (Å²) in [5, 5.41) is 6.10. The van der Waals surface area contributed by atoms with Crippen LogP contribution in [0.25, 0.3) is 0 Å². The summed E-state index contributed by atoms with van der Waals surface area (Å²) in [6.45, 7) is 2.13. The highest BCUT2D eigenvalue weighted by molar-refractivity contribution is 6.30. The van der Waals surface area contributed by atoms with Gasteiger partial charge in [-0.05, 0) is 50.4 Å². The number of nitrogens with one attached hydrogen (secondary N) is 2. The van der Waals surface area contributed by atoms with Gasteiger partial charge in [0.25, 0.3) is 0 Å². The van der Waals surface area contributed by atoms with Gasteiger partial charge >= 0.3 is 0 Å². The van der Waals surface area contributed by atoms with Gasteiger partial charge in [0.1, 0.15) is 5.82 Å². The number of rotatable bonds is 6. The molecule has 0 bridgehead atoms. The zero-order valence-corrected chi connectivity index (χ0v) is 16.9. The van der Waals surface area contributed by atoms with Crippen LogP contribution in [-0.2, 0) is 9.59 Å². The number of halogens is 2. The molecule has 0 aromatic heterocycles. The summed E-state index contributed by atoms with van der Waals surface area (Å²) < 4.78 is 13.8. The summed E-state index contributed by atoms with van der Waals surface area (Å²) in [6, 6.07) is 4.51. The van der Waals surface area contributed by atoms with Gasteiger partial charge < -0.3 is 15.5 Å². The first-order valence-electron chi connectivity index (χ1n) is 10.3. The summed E-state index contributed by atoms with van der Waals surface area (Å²) in [7, 11) is 0. The van der Waals surface area contributed by atoms with Crippen LogP contribution in [-0.4, -0.2) is 42.4 Å². The van der Waals surface area contributed by atoms with Gasteiger partial charge in [-0.2, -0.15) is 0 Å². The third kappa shape index (κ3) is 6.17. The van der Waals surface area contributed by atoms with Crippen molar-refractivity contribution < 1.29 is 14.0 Å². The van der Waals surface area contributed by atoms with Crippen molar-refractivity contribution in [2.45, 2.75) is 57.4 Å². The Labute approximate surface area is 171 Å². The normalized spacial score (nSPS) is 21.3. The average molecular weight is 410 g/mol. The van der Waals surface area contributed by atoms with Crippen molar-refractivity contribution in [3.63, 3.8) is 0 Å². The maximum absolute atomic E-state index is 13.8. The third-order valence-corrected chi connectivity index (χ3v) is 5.92. The van der Waals surface area contributed by atoms with Gasteiger partial charge in [-0.15, -0.1) is 0 Å². The van der Waals surface area contributed by atoms with E-state index in [0.717, 1.165) is 32.2 Å². The zero-order valence-electron chi connectivity index (χ0n) is 16.2. The molecule has 154 valence electrons. The first-order valence-corrected chi connectivity index (χ1v) is 10.7. The molecule has 2 fully saturated rings. The van der Waals surface area contributed by atoms with Crippen LogP contribution in [0.5, 0.6) is 0 Å². The summed E-state index contributed by atoms with van der Waals surface area (Å²) in [4.78, 5) is 26.9. The van der Waals surface area contributed by atoms with Gasteiger partial charge in [0.05, 0.1) is 11.6 Å². The molecule has 3 rings (SSSR count). The van der Waals surface area contributed by atoms with Crippen LogP contribution < -0.4 is 10.6 Å². The van der Waals surface area contributed by atoms with Gasteiger partial charge in [0.15, 0.2) is 0 Å². The topological polar surface area (TPSA) is 61.4 Å². The molecule has 2 N–H and O–H groups in total. The number of carbonyl (C=O) groups excluding carboxylic acids is 2. The standard InChI is InChI=1S/C21H29ClFN3O2/c22-16-8-9-19(18(23)13-16)25-20(27)10-12-26-11-4-5-15(14-26)21(28)24-17-6-2-1-3-7-17/h8-9,13,15,17H,1-7,10-12,14H2,(H,24,28)(H,25,27). The smallest absolute Gasteiger partial charge is 0.225 e. The maximum atomic E-state index is 13.8. The second-order valence-corrected chi connectivity index (χ2v) is 8.34. The molecule has 2 amide bonds. The number of nitrogens with zero attached hydrogens (tertiary/aromatic N) is 1. The molecule has 1 atom stereocenters. The lowest BCUT2D eigenvalue weighted by molar-refractivity contribution is -0.127. The van der Waals surface area contributed by atoms with Crippen LogP contribution in [0.1, 0.15) is 51.4 Å². The minimum absolute atomic E-state index is 0.00699. The molecule has 1 aliphatic heterocycles. The molecule has 1 saturated carbocycles. The van der Waals surface area contributed by atoms with Gasteiger partial charge in [-0.1, -0.05) is 30.9 Å². The highest BCUT2D eigenvalue weighted by Gasteiger charge is 2.27. The van der Waals surface area contributed by atoms with E-state index in [1.165, 1.54) is 31.4 Å². The molecular weight excluding hydrogens is 381 g/mol. The Bertz CT molecular complexity index is 694. The van der Waals surface area contributed by atoms with E-state index in [1.807, 2.05) is 0 Å². The fourth-order valence-electron chi connectivity index (χ4n) is 4.10. The van der Waals surface area contributed by atoms with E-state index >= 15 is 0 Å². The van der Waals surface area contributed by atoms with Gasteiger partial charge in [0.2, 0.25) is 11.8 Å². The van der Waals surface area contributed by atoms with Crippen molar-refractivity contribution in [2.75, 3.05) is 25.0 Å². The van der Waals surface area contributed by atoms with E-state index in [-0.39, 0.29) is 29.8 Å². The van der Waals surface area contributed by atoms with E-state index in [4.69, 9.17) is 11.6 Å². The van der Waals surface area contributed by atoms with E-state index in [2.05, 4.69) is 15.5 Å². The van der Waals surface area contributed by atoms with Crippen molar-refractivity contribution in [2.24, 2.45) is 5.92 Å². The largest absolute Gasteiger partial charge is 0.353 e. The fraction of sp³-hybridized carbons (Fsp3) is 0.619. The van der Waals surface area contributed by atoms with Crippen molar-refractivity contribution in [3.8, 4) is 0 Å². The first-order chi connectivity index (χ1) is 13.5. The Hall–Kier alpha value is -1.66. The van der Waals surface area contributed by atoms with Crippen LogP contribution in [0, 0.1) is 11.7 Å². The third-order valence-electron chi connectivity index (χ3n) is 5.69. The van der Waals surface area contributed by atoms with E-state index in [9.17, 15) is 14.0 Å². The highest BCUT2D eigenvalue weighted by Crippen LogP contribution is 2.22. The predicted octanol–water partition coefficient (Wildman–Crippen LogP) is 3.97. The quantitative estimate of drug-likeness (QED) is 0.747. The average Bonchev–Trinajstić information content (AvgIpc) is 2.69. The Morgan fingerprint density at radius 3 is 2.68 bits per heavy atom. The molecular formula is C21H29ClFN3O2. The van der Waals surface area contributed by atoms with Gasteiger partial charge in [-0.3, -0.25) is 9.59 Å². The molecule has 7 heteroatoms. The fourth-order valence-corrected chi connectivity index (χ4v) is 4.26. The van der Waals surface area contributed by atoms with E-state index < -0.39 is 5.82 Å². The molecule has 1 aromatic carbocycles. The summed E-state index contributed by atoms with van der Waals surface area (Å²) >= 11 is 5.72. The lowest BCUT2D eigenvalue weighted by Gasteiger charge is -2.33. The Balaban J connectivity index is 1.42. The van der Waals surface area contributed by atoms with Crippen LogP contribution in [0.15, 0.2) is 18.2 Å². The first kappa shape index (κ1) is 21.1. The van der Waals surface area contributed by atoms with Crippen LogP contribution in [0.3, 0.4) is 0 Å². The monoisotopic (exact) mass is 409 g/mol. The van der Waals surface area contributed by atoms with Gasteiger partial charge in [-0.25, -0.2) is 4.39 Å². The van der Waals surface area contributed by atoms with E-state index in [1.54, 1.807) is 6.07 Å². The highest BCUT2D eigenvalue weighted by atomic mass is 35.5. The number of piperidine rings is 1. The minimum Gasteiger partial charge on any atom is -0.353 e. The Morgan fingerprint density at radius 1 is 1.14 bits per heavy atom. The van der Waals surface area contributed by atoms with Crippen molar-refractivity contribution >= 4 is 29.1 Å². The molecule has 0 radical (unpaired) electrons. The molecule has 28 heavy (non-hydrogen) atoms. The number of benzene rings is 1. The van der Waals surface area contributed by atoms with Crippen LogP contribution in [0.4, 0.5) is 10.1 Å². The molecule has 1 saturated heterocycles. The summed E-state index contributed by atoms with van der Waals surface area (Å²) in [6.07, 6.45) is 7.96. The maximum Gasteiger partial charge on any atom is 0.225 e. The second kappa shape index (κ2) is 10.2. The molecule has 2 aliphatic rings. The lowest BCUT2D eigenvalue weighted by Crippen LogP contribution is -2.46. The molecule has 5 nitrogen and oxygen atoms in total. The molecule has 1 unspecified atom stereocenters. The molecule has 1 aliphatic carbocycles. The number of carbonyl (C=O) groups is 2. The number of amides is 2. The number of hydrogen-bond acceptors (Lipinski definition) is 3.